The van der Waals surface area contributed by atoms with Gasteiger partial charge in [0.1, 0.15) is 22.3 Å². The summed E-state index contributed by atoms with van der Waals surface area (Å²) in [7, 11) is 0. The van der Waals surface area contributed by atoms with Crippen molar-refractivity contribution in [2.24, 2.45) is 0 Å². The van der Waals surface area contributed by atoms with E-state index in [4.69, 9.17) is 13.8 Å². The monoisotopic (exact) mass is 693 g/mol. The van der Waals surface area contributed by atoms with E-state index in [1.165, 1.54) is 36.5 Å². The molecule has 12 aromatic rings. The minimum absolute atomic E-state index is 0.891. The fraction of sp³-hybridized carbons (Fsp3) is 0. The molecule has 246 valence electrons. The number of hydrogen-bond acceptors (Lipinski definition) is 4. The lowest BCUT2D eigenvalue weighted by atomic mass is 9.90. The third kappa shape index (κ3) is 4.30. The summed E-state index contributed by atoms with van der Waals surface area (Å²) in [4.78, 5) is 5.37. The molecule has 0 radical (unpaired) electrons. The first-order valence-corrected chi connectivity index (χ1v) is 18.7. The summed E-state index contributed by atoms with van der Waals surface area (Å²) in [5.41, 5.74) is 12.6. The van der Waals surface area contributed by atoms with E-state index in [9.17, 15) is 0 Å². The van der Waals surface area contributed by atoms with Gasteiger partial charge in [-0.3, -0.25) is 0 Å². The molecule has 0 amide bonds. The van der Waals surface area contributed by atoms with Crippen LogP contribution < -0.4 is 0 Å². The first-order valence-electron chi connectivity index (χ1n) is 17.9. The van der Waals surface area contributed by atoms with Crippen LogP contribution in [-0.4, -0.2) is 4.98 Å². The van der Waals surface area contributed by atoms with E-state index in [1.807, 2.05) is 35.6 Å². The lowest BCUT2D eigenvalue weighted by molar-refractivity contribution is 0.668. The molecule has 0 fully saturated rings. The van der Waals surface area contributed by atoms with Crippen LogP contribution in [0.25, 0.3) is 119 Å². The first-order chi connectivity index (χ1) is 26.2. The van der Waals surface area contributed by atoms with Crippen molar-refractivity contribution < 1.29 is 8.83 Å². The summed E-state index contributed by atoms with van der Waals surface area (Å²) in [6.45, 7) is 0. The van der Waals surface area contributed by atoms with Gasteiger partial charge in [-0.05, 0) is 105 Å². The van der Waals surface area contributed by atoms with Crippen LogP contribution in [0.3, 0.4) is 0 Å². The molecule has 0 saturated carbocycles. The maximum absolute atomic E-state index is 6.25. The van der Waals surface area contributed by atoms with Crippen LogP contribution in [0.2, 0.25) is 0 Å². The highest BCUT2D eigenvalue weighted by molar-refractivity contribution is 7.26. The number of fused-ring (bicyclic) bond motifs is 12. The molecule has 4 heterocycles. The van der Waals surface area contributed by atoms with E-state index in [2.05, 4.69) is 140 Å². The lowest BCUT2D eigenvalue weighted by Crippen LogP contribution is -1.91. The highest BCUT2D eigenvalue weighted by atomic mass is 32.1. The molecule has 12 rings (SSSR count). The van der Waals surface area contributed by atoms with Crippen LogP contribution >= 0.6 is 11.3 Å². The minimum atomic E-state index is 0.891. The zero-order valence-corrected chi connectivity index (χ0v) is 29.1. The van der Waals surface area contributed by atoms with Gasteiger partial charge in [0.25, 0.3) is 0 Å². The van der Waals surface area contributed by atoms with Crippen LogP contribution in [0.1, 0.15) is 0 Å². The molecule has 0 aliphatic rings. The summed E-state index contributed by atoms with van der Waals surface area (Å²) in [5, 5.41) is 9.25. The van der Waals surface area contributed by atoms with Crippen molar-refractivity contribution in [2.75, 3.05) is 0 Å². The number of furan rings is 2. The maximum Gasteiger partial charge on any atom is 0.135 e. The van der Waals surface area contributed by atoms with Gasteiger partial charge in [0, 0.05) is 42.6 Å². The van der Waals surface area contributed by atoms with Gasteiger partial charge in [-0.25, -0.2) is 4.98 Å². The summed E-state index contributed by atoms with van der Waals surface area (Å²) in [6, 6.07) is 58.6. The molecule has 0 aliphatic carbocycles. The Labute approximate surface area is 307 Å². The topological polar surface area (TPSA) is 39.2 Å². The molecule has 0 unspecified atom stereocenters. The number of aromatic nitrogens is 1. The van der Waals surface area contributed by atoms with E-state index in [-0.39, 0.29) is 0 Å². The van der Waals surface area contributed by atoms with E-state index < -0.39 is 0 Å². The average molecular weight is 694 g/mol. The van der Waals surface area contributed by atoms with Crippen LogP contribution in [-0.2, 0) is 0 Å². The zero-order valence-electron chi connectivity index (χ0n) is 28.3. The second-order valence-electron chi connectivity index (χ2n) is 13.9. The molecule has 3 nitrogen and oxygen atoms in total. The normalized spacial score (nSPS) is 12.2. The molecular weight excluding hydrogens is 667 g/mol. The number of nitrogens with zero attached hydrogens (tertiary/aromatic N) is 1. The molecule has 0 atom stereocenters. The lowest BCUT2D eigenvalue weighted by Gasteiger charge is -2.15. The van der Waals surface area contributed by atoms with Gasteiger partial charge in [0.15, 0.2) is 0 Å². The summed E-state index contributed by atoms with van der Waals surface area (Å²) >= 11 is 1.83. The largest absolute Gasteiger partial charge is 0.456 e. The number of pyridine rings is 1. The van der Waals surface area contributed by atoms with Gasteiger partial charge in [-0.1, -0.05) is 97.1 Å². The SMILES string of the molecule is c1ccc2c(c1)ccc1nc3c(sc4ccccc43)c(-c3cc(-c4ccc5oc6ccccc6c5c4)cc(-c4ccc5oc6ccccc6c5c4)c3)c12. The van der Waals surface area contributed by atoms with E-state index in [0.717, 1.165) is 82.7 Å². The summed E-state index contributed by atoms with van der Waals surface area (Å²) in [5.74, 6) is 0. The van der Waals surface area contributed by atoms with Gasteiger partial charge in [0.05, 0.1) is 15.7 Å². The van der Waals surface area contributed by atoms with Gasteiger partial charge >= 0.3 is 0 Å². The Morgan fingerprint density at radius 3 is 1.62 bits per heavy atom. The fourth-order valence-electron chi connectivity index (χ4n) is 8.35. The van der Waals surface area contributed by atoms with Gasteiger partial charge < -0.3 is 8.83 Å². The summed E-state index contributed by atoms with van der Waals surface area (Å²) < 4.78 is 14.9. The van der Waals surface area contributed by atoms with Crippen molar-refractivity contribution in [3.8, 4) is 33.4 Å². The number of benzene rings is 8. The smallest absolute Gasteiger partial charge is 0.135 e. The Balaban J connectivity index is 1.20. The Hall–Kier alpha value is -6.75. The quantitative estimate of drug-likeness (QED) is 0.173. The molecule has 53 heavy (non-hydrogen) atoms. The Morgan fingerprint density at radius 2 is 0.943 bits per heavy atom. The molecule has 0 bridgehead atoms. The van der Waals surface area contributed by atoms with Gasteiger partial charge in [-0.2, -0.15) is 0 Å². The molecule has 4 aromatic heterocycles. The van der Waals surface area contributed by atoms with Crippen molar-refractivity contribution in [2.45, 2.75) is 0 Å². The highest BCUT2D eigenvalue weighted by Gasteiger charge is 2.20. The molecule has 8 aromatic carbocycles. The number of thiophene rings is 1. The van der Waals surface area contributed by atoms with E-state index in [1.54, 1.807) is 0 Å². The molecule has 0 aliphatic heterocycles. The van der Waals surface area contributed by atoms with Crippen LogP contribution in [0.5, 0.6) is 0 Å². The fourth-order valence-corrected chi connectivity index (χ4v) is 9.57. The second kappa shape index (κ2) is 10.9. The third-order valence-electron chi connectivity index (χ3n) is 10.8. The minimum Gasteiger partial charge on any atom is -0.456 e. The van der Waals surface area contributed by atoms with Crippen molar-refractivity contribution in [1.29, 1.82) is 0 Å². The number of hydrogen-bond donors (Lipinski definition) is 0. The Morgan fingerprint density at radius 1 is 0.396 bits per heavy atom. The van der Waals surface area contributed by atoms with Crippen molar-refractivity contribution >= 4 is 97.2 Å². The Bertz CT molecular complexity index is 3340. The van der Waals surface area contributed by atoms with Crippen molar-refractivity contribution in [1.82, 2.24) is 4.98 Å². The zero-order chi connectivity index (χ0) is 34.6. The van der Waals surface area contributed by atoms with Gasteiger partial charge in [0.2, 0.25) is 0 Å². The number of para-hydroxylation sites is 2. The molecule has 0 spiro atoms. The summed E-state index contributed by atoms with van der Waals surface area (Å²) in [6.07, 6.45) is 0. The predicted molar refractivity (Wildman–Crippen MR) is 223 cm³/mol. The van der Waals surface area contributed by atoms with Gasteiger partial charge in [-0.15, -0.1) is 11.3 Å². The Kier molecular flexibility index (Phi) is 5.93. The van der Waals surface area contributed by atoms with Crippen LogP contribution in [0.4, 0.5) is 0 Å². The first kappa shape index (κ1) is 28.9. The second-order valence-corrected chi connectivity index (χ2v) is 14.9. The number of rotatable bonds is 3. The standard InChI is InChI=1S/C49H27NO2S/c1-2-10-34-28(9-1)17-20-40-47(34)46(49-48(50-40)37-13-5-8-16-45(37)53-49)33-24-31(29-18-21-43-38(26-29)35-11-3-6-14-41(35)51-43)23-32(25-33)30-19-22-44-39(27-30)36-12-4-7-15-42(36)52-44/h1-27H. The highest BCUT2D eigenvalue weighted by Crippen LogP contribution is 2.47. The predicted octanol–water partition coefficient (Wildman–Crippen LogP) is 14.6. The van der Waals surface area contributed by atoms with Crippen LogP contribution in [0, 0.1) is 0 Å². The average Bonchev–Trinajstić information content (AvgIpc) is 3.90. The van der Waals surface area contributed by atoms with Crippen molar-refractivity contribution in [3.63, 3.8) is 0 Å². The maximum atomic E-state index is 6.25. The molecule has 0 saturated heterocycles. The van der Waals surface area contributed by atoms with E-state index >= 15 is 0 Å². The van der Waals surface area contributed by atoms with Crippen molar-refractivity contribution in [3.05, 3.63) is 164 Å². The van der Waals surface area contributed by atoms with Crippen LogP contribution in [0.15, 0.2) is 173 Å². The molecule has 4 heteroatoms. The molecule has 0 N–H and O–H groups in total. The molecular formula is C49H27NO2S. The van der Waals surface area contributed by atoms with E-state index in [0.29, 0.717) is 0 Å². The third-order valence-corrected chi connectivity index (χ3v) is 12.0.